The predicted molar refractivity (Wildman–Crippen MR) is 222 cm³/mol. The summed E-state index contributed by atoms with van der Waals surface area (Å²) < 4.78 is 0. The molecule has 292 valence electrons. The van der Waals surface area contributed by atoms with Crippen molar-refractivity contribution in [2.24, 2.45) is 82.9 Å². The molecule has 0 radical (unpaired) electrons. The third-order valence-electron chi connectivity index (χ3n) is 19.2. The van der Waals surface area contributed by atoms with Crippen molar-refractivity contribution in [2.75, 3.05) is 0 Å². The van der Waals surface area contributed by atoms with Crippen molar-refractivity contribution in [3.63, 3.8) is 0 Å². The zero-order valence-corrected chi connectivity index (χ0v) is 34.3. The monoisotopic (exact) mass is 709 g/mol. The standard InChI is InChI=1S/C52H84/c1-5-13-41(14-6-1)49(42-15-7-2-8-16-42)33-37-21-25-39(26-22-37)45-29-31-47-48-32-30-46(36-52(48)51(47)35-45)40-27-23-38(24-28-40)34-50(43-17-9-3-10-18-43)44-19-11-4-12-20-44/h33-34,37-48,51-52H,1-32,35-36H2. The molecule has 0 amide bonds. The van der Waals surface area contributed by atoms with Crippen LogP contribution in [0.4, 0.5) is 0 Å². The van der Waals surface area contributed by atoms with Crippen LogP contribution in [0, 0.1) is 82.9 Å². The molecule has 0 nitrogen and oxygen atoms in total. The van der Waals surface area contributed by atoms with Crippen LogP contribution in [0.5, 0.6) is 0 Å². The van der Waals surface area contributed by atoms with Crippen LogP contribution >= 0.6 is 0 Å². The van der Waals surface area contributed by atoms with Crippen molar-refractivity contribution >= 4 is 0 Å². The van der Waals surface area contributed by atoms with Crippen LogP contribution in [0.25, 0.3) is 0 Å². The molecule has 9 aliphatic rings. The normalized spacial score (nSPS) is 41.6. The first-order valence-corrected chi connectivity index (χ1v) is 25.2. The minimum absolute atomic E-state index is 0.926. The highest BCUT2D eigenvalue weighted by Gasteiger charge is 2.55. The number of rotatable bonds is 8. The minimum atomic E-state index is 0.926. The first-order chi connectivity index (χ1) is 25.8. The SMILES string of the molecule is C(=C(C1CCCCC1)C1CCCCC1)C1CCC(C2CCC3C4CCC(C5CCC(C=C(C6CCCCC6)C6CCCCC6)CC5)CC4C3C2)CC1. The van der Waals surface area contributed by atoms with E-state index >= 15 is 0 Å². The lowest BCUT2D eigenvalue weighted by Crippen LogP contribution is -2.53. The van der Waals surface area contributed by atoms with Gasteiger partial charge in [-0.1, -0.05) is 100 Å². The zero-order valence-electron chi connectivity index (χ0n) is 34.3. The first-order valence-electron chi connectivity index (χ1n) is 25.2. The Morgan fingerprint density at radius 1 is 0.250 bits per heavy atom. The van der Waals surface area contributed by atoms with Crippen molar-refractivity contribution in [3.05, 3.63) is 23.3 Å². The summed E-state index contributed by atoms with van der Waals surface area (Å²) in [7, 11) is 0. The average molecular weight is 709 g/mol. The molecule has 9 saturated carbocycles. The quantitative estimate of drug-likeness (QED) is 0.220. The van der Waals surface area contributed by atoms with E-state index in [1.54, 1.807) is 64.2 Å². The van der Waals surface area contributed by atoms with Crippen LogP contribution in [0.1, 0.15) is 218 Å². The smallest absolute Gasteiger partial charge is 0.0200 e. The fraction of sp³-hybridized carbons (Fsp3) is 0.923. The van der Waals surface area contributed by atoms with Gasteiger partial charge in [-0.25, -0.2) is 0 Å². The predicted octanol–water partition coefficient (Wildman–Crippen LogP) is 15.9. The van der Waals surface area contributed by atoms with Crippen LogP contribution in [-0.4, -0.2) is 0 Å². The fourth-order valence-electron chi connectivity index (χ4n) is 16.3. The molecular weight excluding hydrogens is 625 g/mol. The number of hydrogen-bond donors (Lipinski definition) is 0. The summed E-state index contributed by atoms with van der Waals surface area (Å²) in [4.78, 5) is 0. The Balaban J connectivity index is 0.763. The number of fused-ring (bicyclic) bond motifs is 4. The van der Waals surface area contributed by atoms with Crippen molar-refractivity contribution in [1.82, 2.24) is 0 Å². The van der Waals surface area contributed by atoms with E-state index in [0.717, 1.165) is 82.9 Å². The molecule has 6 unspecified atom stereocenters. The van der Waals surface area contributed by atoms with E-state index < -0.39 is 0 Å². The van der Waals surface area contributed by atoms with E-state index in [-0.39, 0.29) is 0 Å². The van der Waals surface area contributed by atoms with Crippen LogP contribution < -0.4 is 0 Å². The molecule has 0 saturated heterocycles. The van der Waals surface area contributed by atoms with Crippen molar-refractivity contribution < 1.29 is 0 Å². The molecule has 52 heavy (non-hydrogen) atoms. The van der Waals surface area contributed by atoms with Gasteiger partial charge in [0.25, 0.3) is 0 Å². The molecule has 9 fully saturated rings. The Hall–Kier alpha value is -0.520. The van der Waals surface area contributed by atoms with Gasteiger partial charge in [0.2, 0.25) is 0 Å². The van der Waals surface area contributed by atoms with E-state index in [0.29, 0.717) is 0 Å². The topological polar surface area (TPSA) is 0 Å². The van der Waals surface area contributed by atoms with Gasteiger partial charge in [0.05, 0.1) is 0 Å². The molecule has 0 spiro atoms. The summed E-state index contributed by atoms with van der Waals surface area (Å²) in [6.45, 7) is 0. The molecule has 0 heteroatoms. The van der Waals surface area contributed by atoms with E-state index in [2.05, 4.69) is 12.2 Å². The Morgan fingerprint density at radius 3 is 0.846 bits per heavy atom. The third kappa shape index (κ3) is 8.43. The van der Waals surface area contributed by atoms with Crippen LogP contribution in [0.3, 0.4) is 0 Å². The largest absolute Gasteiger partial charge is 0.0817 e. The molecule has 0 aromatic heterocycles. The molecule has 0 aromatic rings. The summed E-state index contributed by atoms with van der Waals surface area (Å²) >= 11 is 0. The highest BCUT2D eigenvalue weighted by molar-refractivity contribution is 5.16. The summed E-state index contributed by atoms with van der Waals surface area (Å²) in [5.74, 6) is 14.6. The maximum Gasteiger partial charge on any atom is -0.0200 e. The highest BCUT2D eigenvalue weighted by Crippen LogP contribution is 2.63. The van der Waals surface area contributed by atoms with Gasteiger partial charge in [0.1, 0.15) is 0 Å². The van der Waals surface area contributed by atoms with Gasteiger partial charge in [0.15, 0.2) is 0 Å². The summed E-state index contributed by atoms with van der Waals surface area (Å²) in [5, 5.41) is 0. The molecule has 0 bridgehead atoms. The average Bonchev–Trinajstić information content (AvgIpc) is 3.22. The summed E-state index contributed by atoms with van der Waals surface area (Å²) in [6, 6.07) is 0. The molecule has 0 aliphatic heterocycles. The minimum Gasteiger partial charge on any atom is -0.0817 e. The van der Waals surface area contributed by atoms with Gasteiger partial charge in [-0.15, -0.1) is 0 Å². The first kappa shape index (κ1) is 37.1. The van der Waals surface area contributed by atoms with E-state index in [4.69, 9.17) is 0 Å². The second-order valence-corrected chi connectivity index (χ2v) is 21.8. The second kappa shape index (κ2) is 17.7. The molecular formula is C52H84. The Morgan fingerprint density at radius 2 is 0.538 bits per heavy atom. The van der Waals surface area contributed by atoms with Crippen LogP contribution in [0.2, 0.25) is 0 Å². The maximum absolute atomic E-state index is 2.97. The molecule has 9 aliphatic carbocycles. The van der Waals surface area contributed by atoms with Crippen LogP contribution in [-0.2, 0) is 0 Å². The van der Waals surface area contributed by atoms with Crippen molar-refractivity contribution in [1.29, 1.82) is 0 Å². The molecule has 0 heterocycles. The van der Waals surface area contributed by atoms with Gasteiger partial charge in [0, 0.05) is 0 Å². The van der Waals surface area contributed by atoms with Gasteiger partial charge in [-0.05, 0) is 224 Å². The number of allylic oxidation sites excluding steroid dienone is 4. The van der Waals surface area contributed by atoms with E-state index in [1.807, 2.05) is 11.1 Å². The lowest BCUT2D eigenvalue weighted by Gasteiger charge is -2.61. The van der Waals surface area contributed by atoms with E-state index in [9.17, 15) is 0 Å². The molecule has 6 atom stereocenters. The highest BCUT2D eigenvalue weighted by atomic mass is 14.6. The third-order valence-corrected chi connectivity index (χ3v) is 19.2. The fourth-order valence-corrected chi connectivity index (χ4v) is 16.3. The second-order valence-electron chi connectivity index (χ2n) is 21.8. The Labute approximate surface area is 323 Å². The van der Waals surface area contributed by atoms with Gasteiger partial charge in [-0.3, -0.25) is 0 Å². The summed E-state index contributed by atoms with van der Waals surface area (Å²) in [5.41, 5.74) is 4.01. The van der Waals surface area contributed by atoms with Crippen molar-refractivity contribution in [2.45, 2.75) is 218 Å². The van der Waals surface area contributed by atoms with Crippen LogP contribution in [0.15, 0.2) is 23.3 Å². The molecule has 0 N–H and O–H groups in total. The molecule has 0 aromatic carbocycles. The zero-order chi connectivity index (χ0) is 34.7. The lowest BCUT2D eigenvalue weighted by atomic mass is 9.44. The number of hydrogen-bond acceptors (Lipinski definition) is 0. The van der Waals surface area contributed by atoms with Crippen molar-refractivity contribution in [3.8, 4) is 0 Å². The Kier molecular flexibility index (Phi) is 12.6. The summed E-state index contributed by atoms with van der Waals surface area (Å²) in [6.07, 6.45) is 58.4. The Bertz CT molecular complexity index is 1020. The van der Waals surface area contributed by atoms with Gasteiger partial charge >= 0.3 is 0 Å². The van der Waals surface area contributed by atoms with Gasteiger partial charge < -0.3 is 0 Å². The van der Waals surface area contributed by atoms with Gasteiger partial charge in [-0.2, -0.15) is 0 Å². The maximum atomic E-state index is 2.97. The lowest BCUT2D eigenvalue weighted by molar-refractivity contribution is -0.119. The van der Waals surface area contributed by atoms with E-state index in [1.165, 1.54) is 154 Å². The molecule has 9 rings (SSSR count).